The molecule has 20 heavy (non-hydrogen) atoms. The van der Waals surface area contributed by atoms with Crippen LogP contribution in [0.2, 0.25) is 0 Å². The predicted molar refractivity (Wildman–Crippen MR) is 76.8 cm³/mol. The Morgan fingerprint density at radius 1 is 1.40 bits per heavy atom. The first-order valence-electron chi connectivity index (χ1n) is 6.50. The van der Waals surface area contributed by atoms with Crippen molar-refractivity contribution in [2.75, 3.05) is 31.6 Å². The normalized spacial score (nSPS) is 10.2. The zero-order chi connectivity index (χ0) is 15.3. The molecule has 0 bridgehead atoms. The number of likely N-dealkylation sites (N-methyl/N-ethyl adjacent to an activating group) is 2. The van der Waals surface area contributed by atoms with Gasteiger partial charge in [0.2, 0.25) is 5.91 Å². The second kappa shape index (κ2) is 6.83. The van der Waals surface area contributed by atoms with Gasteiger partial charge in [-0.25, -0.2) is 4.98 Å². The van der Waals surface area contributed by atoms with E-state index in [2.05, 4.69) is 4.98 Å². The average molecular weight is 280 g/mol. The van der Waals surface area contributed by atoms with Crippen LogP contribution in [0.4, 0.5) is 11.5 Å². The van der Waals surface area contributed by atoms with Gasteiger partial charge < -0.3 is 9.80 Å². The predicted octanol–water partition coefficient (Wildman–Crippen LogP) is 1.60. The second-order valence-electron chi connectivity index (χ2n) is 4.51. The molecule has 110 valence electrons. The molecular weight excluding hydrogens is 260 g/mol. The van der Waals surface area contributed by atoms with Crippen LogP contribution in [-0.2, 0) is 4.79 Å². The first kappa shape index (κ1) is 15.9. The molecule has 1 aromatic heterocycles. The second-order valence-corrected chi connectivity index (χ2v) is 4.51. The van der Waals surface area contributed by atoms with Crippen LogP contribution in [0.3, 0.4) is 0 Å². The summed E-state index contributed by atoms with van der Waals surface area (Å²) in [6.45, 7) is 7.13. The third kappa shape index (κ3) is 3.66. The van der Waals surface area contributed by atoms with E-state index >= 15 is 0 Å². The van der Waals surface area contributed by atoms with Gasteiger partial charge in [-0.3, -0.25) is 14.9 Å². The summed E-state index contributed by atoms with van der Waals surface area (Å²) >= 11 is 0. The number of amides is 1. The number of carbonyl (C=O) groups excluding carboxylic acids is 1. The molecule has 7 nitrogen and oxygen atoms in total. The Morgan fingerprint density at radius 3 is 2.45 bits per heavy atom. The molecule has 0 atom stereocenters. The Morgan fingerprint density at radius 2 is 2.00 bits per heavy atom. The number of nitrogens with zero attached hydrogens (tertiary/aromatic N) is 4. The molecule has 1 heterocycles. The maximum atomic E-state index is 12.0. The molecule has 1 rings (SSSR count). The SMILES string of the molecule is CCN(CC)C(=O)CN(C)c1ncc([N+](=O)[O-])cc1C. The van der Waals surface area contributed by atoms with Crippen LogP contribution in [0, 0.1) is 17.0 Å². The molecule has 0 N–H and O–H groups in total. The maximum Gasteiger partial charge on any atom is 0.287 e. The number of carbonyl (C=O) groups is 1. The van der Waals surface area contributed by atoms with Gasteiger partial charge in [-0.2, -0.15) is 0 Å². The van der Waals surface area contributed by atoms with Gasteiger partial charge in [0.05, 0.1) is 11.5 Å². The highest BCUT2D eigenvalue weighted by Gasteiger charge is 2.16. The van der Waals surface area contributed by atoms with Gasteiger partial charge in [0.1, 0.15) is 12.0 Å². The summed E-state index contributed by atoms with van der Waals surface area (Å²) in [5.41, 5.74) is 0.628. The number of aromatic nitrogens is 1. The highest BCUT2D eigenvalue weighted by Crippen LogP contribution is 2.20. The van der Waals surface area contributed by atoms with Gasteiger partial charge in [-0.05, 0) is 26.3 Å². The van der Waals surface area contributed by atoms with Crippen molar-refractivity contribution in [2.24, 2.45) is 0 Å². The van der Waals surface area contributed by atoms with Crippen LogP contribution in [0.25, 0.3) is 0 Å². The molecule has 0 aliphatic heterocycles. The molecule has 0 saturated carbocycles. The van der Waals surface area contributed by atoms with Crippen LogP contribution in [-0.4, -0.2) is 47.4 Å². The number of rotatable bonds is 6. The lowest BCUT2D eigenvalue weighted by Gasteiger charge is -2.24. The van der Waals surface area contributed by atoms with Gasteiger partial charge in [0.25, 0.3) is 5.69 Å². The molecular formula is C13H20N4O3. The van der Waals surface area contributed by atoms with Gasteiger partial charge in [-0.1, -0.05) is 0 Å². The van der Waals surface area contributed by atoms with Crippen molar-refractivity contribution in [3.8, 4) is 0 Å². The molecule has 1 amide bonds. The molecule has 0 unspecified atom stereocenters. The van der Waals surface area contributed by atoms with E-state index in [9.17, 15) is 14.9 Å². The summed E-state index contributed by atoms with van der Waals surface area (Å²) in [6, 6.07) is 1.46. The Hall–Kier alpha value is -2.18. The minimum atomic E-state index is -0.481. The van der Waals surface area contributed by atoms with E-state index in [1.807, 2.05) is 13.8 Å². The van der Waals surface area contributed by atoms with Gasteiger partial charge in [0, 0.05) is 26.2 Å². The smallest absolute Gasteiger partial charge is 0.287 e. The zero-order valence-electron chi connectivity index (χ0n) is 12.3. The van der Waals surface area contributed by atoms with Gasteiger partial charge >= 0.3 is 0 Å². The fourth-order valence-corrected chi connectivity index (χ4v) is 2.01. The molecule has 0 saturated heterocycles. The number of pyridine rings is 1. The lowest BCUT2D eigenvalue weighted by atomic mass is 10.2. The number of nitro groups is 1. The largest absolute Gasteiger partial charge is 0.350 e. The molecule has 0 radical (unpaired) electrons. The maximum absolute atomic E-state index is 12.0. The first-order valence-corrected chi connectivity index (χ1v) is 6.50. The fraction of sp³-hybridized carbons (Fsp3) is 0.538. The summed E-state index contributed by atoms with van der Waals surface area (Å²) < 4.78 is 0. The van der Waals surface area contributed by atoms with Crippen molar-refractivity contribution in [1.82, 2.24) is 9.88 Å². The number of aryl methyl sites for hydroxylation is 1. The monoisotopic (exact) mass is 280 g/mol. The Balaban J connectivity index is 2.85. The van der Waals surface area contributed by atoms with Crippen molar-refractivity contribution in [1.29, 1.82) is 0 Å². The molecule has 1 aromatic rings. The van der Waals surface area contributed by atoms with Gasteiger partial charge in [0.15, 0.2) is 0 Å². The fourth-order valence-electron chi connectivity index (χ4n) is 2.01. The summed E-state index contributed by atoms with van der Waals surface area (Å²) in [4.78, 5) is 29.7. The first-order chi connectivity index (χ1) is 9.40. The summed E-state index contributed by atoms with van der Waals surface area (Å²) in [6.07, 6.45) is 1.21. The molecule has 0 fully saturated rings. The topological polar surface area (TPSA) is 79.6 Å². The van der Waals surface area contributed by atoms with E-state index < -0.39 is 4.92 Å². The standard InChI is InChI=1S/C13H20N4O3/c1-5-16(6-2)12(18)9-15(4)13-10(3)7-11(8-14-13)17(19)20/h7-8H,5-6,9H2,1-4H3. The van der Waals surface area contributed by atoms with E-state index in [0.29, 0.717) is 24.5 Å². The minimum Gasteiger partial charge on any atom is -0.350 e. The Kier molecular flexibility index (Phi) is 5.42. The summed E-state index contributed by atoms with van der Waals surface area (Å²) in [5.74, 6) is 0.591. The van der Waals surface area contributed by atoms with E-state index in [1.165, 1.54) is 12.3 Å². The van der Waals surface area contributed by atoms with E-state index in [1.54, 1.807) is 23.8 Å². The van der Waals surface area contributed by atoms with Crippen LogP contribution < -0.4 is 4.90 Å². The van der Waals surface area contributed by atoms with Crippen molar-refractivity contribution in [2.45, 2.75) is 20.8 Å². The number of hydrogen-bond donors (Lipinski definition) is 0. The lowest BCUT2D eigenvalue weighted by Crippen LogP contribution is -2.39. The van der Waals surface area contributed by atoms with Crippen molar-refractivity contribution < 1.29 is 9.72 Å². The molecule has 7 heteroatoms. The summed E-state index contributed by atoms with van der Waals surface area (Å²) in [5, 5.41) is 10.7. The number of hydrogen-bond acceptors (Lipinski definition) is 5. The van der Waals surface area contributed by atoms with Crippen molar-refractivity contribution in [3.05, 3.63) is 27.9 Å². The molecule has 0 aliphatic carbocycles. The lowest BCUT2D eigenvalue weighted by molar-refractivity contribution is -0.385. The van der Waals surface area contributed by atoms with E-state index in [-0.39, 0.29) is 18.1 Å². The Bertz CT molecular complexity index is 500. The highest BCUT2D eigenvalue weighted by atomic mass is 16.6. The third-order valence-electron chi connectivity index (χ3n) is 3.10. The van der Waals surface area contributed by atoms with Crippen molar-refractivity contribution in [3.63, 3.8) is 0 Å². The average Bonchev–Trinajstić information content (AvgIpc) is 2.39. The van der Waals surface area contributed by atoms with Crippen molar-refractivity contribution >= 4 is 17.4 Å². The minimum absolute atomic E-state index is 0.0112. The van der Waals surface area contributed by atoms with E-state index in [0.717, 1.165) is 0 Å². The quantitative estimate of drug-likeness (QED) is 0.584. The Labute approximate surface area is 118 Å². The van der Waals surface area contributed by atoms with Crippen LogP contribution in [0.1, 0.15) is 19.4 Å². The third-order valence-corrected chi connectivity index (χ3v) is 3.10. The molecule has 0 spiro atoms. The molecule has 0 aliphatic rings. The van der Waals surface area contributed by atoms with E-state index in [4.69, 9.17) is 0 Å². The van der Waals surface area contributed by atoms with Gasteiger partial charge in [-0.15, -0.1) is 0 Å². The highest BCUT2D eigenvalue weighted by molar-refractivity contribution is 5.81. The molecule has 0 aromatic carbocycles. The zero-order valence-corrected chi connectivity index (χ0v) is 12.3. The van der Waals surface area contributed by atoms with Crippen LogP contribution in [0.5, 0.6) is 0 Å². The van der Waals surface area contributed by atoms with Crippen LogP contribution >= 0.6 is 0 Å². The summed E-state index contributed by atoms with van der Waals surface area (Å²) in [7, 11) is 1.75. The van der Waals surface area contributed by atoms with Crippen LogP contribution in [0.15, 0.2) is 12.3 Å². The number of anilines is 1.